The molecule has 0 atom stereocenters. The molecule has 5 nitrogen and oxygen atoms in total. The minimum absolute atomic E-state index is 0.443. The largest absolute Gasteiger partial charge is 0.314 e. The summed E-state index contributed by atoms with van der Waals surface area (Å²) in [5.41, 5.74) is 0.818. The van der Waals surface area contributed by atoms with Gasteiger partial charge in [-0.25, -0.2) is 8.42 Å². The second-order valence-electron chi connectivity index (χ2n) is 5.52. The predicted octanol–water partition coefficient (Wildman–Crippen LogP) is 0.273. The van der Waals surface area contributed by atoms with E-state index in [1.807, 2.05) is 19.1 Å². The van der Waals surface area contributed by atoms with Gasteiger partial charge in [-0.2, -0.15) is 4.31 Å². The van der Waals surface area contributed by atoms with Gasteiger partial charge in [-0.1, -0.05) is 18.2 Å². The van der Waals surface area contributed by atoms with Crippen molar-refractivity contribution in [2.75, 3.05) is 39.3 Å². The van der Waals surface area contributed by atoms with Crippen molar-refractivity contribution in [3.8, 4) is 0 Å². The summed E-state index contributed by atoms with van der Waals surface area (Å²) in [6, 6.07) is 7.81. The third kappa shape index (κ3) is 2.48. The molecule has 110 valence electrons. The monoisotopic (exact) mass is 295 g/mol. The highest BCUT2D eigenvalue weighted by atomic mass is 32.2. The second-order valence-corrected chi connectivity index (χ2v) is 7.42. The zero-order chi connectivity index (χ0) is 14.2. The summed E-state index contributed by atoms with van der Waals surface area (Å²) in [5.74, 6) is 0. The maximum atomic E-state index is 12.7. The summed E-state index contributed by atoms with van der Waals surface area (Å²) in [6.45, 7) is 6.76. The van der Waals surface area contributed by atoms with Gasteiger partial charge in [0.2, 0.25) is 10.0 Å². The van der Waals surface area contributed by atoms with Gasteiger partial charge >= 0.3 is 0 Å². The van der Waals surface area contributed by atoms with Crippen LogP contribution in [-0.4, -0.2) is 62.9 Å². The summed E-state index contributed by atoms with van der Waals surface area (Å²) in [7, 11) is -3.34. The average Bonchev–Trinajstić information content (AvgIpc) is 2.38. The number of sulfonamides is 1. The lowest BCUT2D eigenvalue weighted by Crippen LogP contribution is -2.62. The normalized spacial score (nSPS) is 22.6. The van der Waals surface area contributed by atoms with Gasteiger partial charge in [-0.3, -0.25) is 4.90 Å². The average molecular weight is 295 g/mol. The van der Waals surface area contributed by atoms with Crippen LogP contribution in [-0.2, 0) is 10.0 Å². The van der Waals surface area contributed by atoms with Gasteiger partial charge < -0.3 is 5.32 Å². The van der Waals surface area contributed by atoms with Crippen LogP contribution in [0.15, 0.2) is 29.2 Å². The Morgan fingerprint density at radius 1 is 1.10 bits per heavy atom. The Morgan fingerprint density at radius 2 is 1.75 bits per heavy atom. The predicted molar refractivity (Wildman–Crippen MR) is 78.2 cm³/mol. The molecule has 1 aromatic rings. The molecule has 0 radical (unpaired) electrons. The van der Waals surface area contributed by atoms with Gasteiger partial charge in [0.15, 0.2) is 0 Å². The molecule has 0 aliphatic carbocycles. The number of hydrogen-bond donors (Lipinski definition) is 1. The first kappa shape index (κ1) is 14.0. The lowest BCUT2D eigenvalue weighted by molar-refractivity contribution is 0.103. The van der Waals surface area contributed by atoms with Gasteiger partial charge in [0, 0.05) is 45.3 Å². The van der Waals surface area contributed by atoms with Gasteiger partial charge in [-0.05, 0) is 18.6 Å². The molecule has 0 aromatic heterocycles. The third-order valence-corrected chi connectivity index (χ3v) is 6.32. The van der Waals surface area contributed by atoms with E-state index in [-0.39, 0.29) is 0 Å². The number of piperazine rings is 1. The molecule has 6 heteroatoms. The summed E-state index contributed by atoms with van der Waals surface area (Å²) in [4.78, 5) is 2.83. The fourth-order valence-electron chi connectivity index (χ4n) is 2.83. The molecule has 0 unspecified atom stereocenters. The van der Waals surface area contributed by atoms with Gasteiger partial charge in [0.1, 0.15) is 0 Å². The Labute approximate surface area is 120 Å². The number of nitrogens with one attached hydrogen (secondary N) is 1. The quantitative estimate of drug-likeness (QED) is 0.870. The highest BCUT2D eigenvalue weighted by molar-refractivity contribution is 7.89. The molecule has 1 aromatic carbocycles. The highest BCUT2D eigenvalue weighted by Gasteiger charge is 2.33. The number of aryl methyl sites for hydroxylation is 1. The van der Waals surface area contributed by atoms with Crippen LogP contribution >= 0.6 is 0 Å². The molecule has 2 saturated heterocycles. The fraction of sp³-hybridized carbons (Fsp3) is 0.571. The van der Waals surface area contributed by atoms with E-state index in [0.717, 1.165) is 31.7 Å². The smallest absolute Gasteiger partial charge is 0.243 e. The first-order valence-corrected chi connectivity index (χ1v) is 8.53. The molecule has 3 rings (SSSR count). The molecule has 0 spiro atoms. The van der Waals surface area contributed by atoms with E-state index in [0.29, 0.717) is 24.0 Å². The molecule has 20 heavy (non-hydrogen) atoms. The lowest BCUT2D eigenvalue weighted by atomic mass is 10.1. The Hall–Kier alpha value is -0.950. The van der Waals surface area contributed by atoms with Crippen LogP contribution in [0.2, 0.25) is 0 Å². The molecular formula is C14H21N3O2S. The van der Waals surface area contributed by atoms with Crippen molar-refractivity contribution in [1.29, 1.82) is 0 Å². The van der Waals surface area contributed by atoms with Crippen molar-refractivity contribution in [3.63, 3.8) is 0 Å². The molecule has 0 bridgehead atoms. The van der Waals surface area contributed by atoms with E-state index < -0.39 is 10.0 Å². The van der Waals surface area contributed by atoms with Crippen molar-refractivity contribution < 1.29 is 8.42 Å². The van der Waals surface area contributed by atoms with Crippen LogP contribution in [0.1, 0.15) is 5.56 Å². The second kappa shape index (κ2) is 5.44. The van der Waals surface area contributed by atoms with Crippen LogP contribution in [0.4, 0.5) is 0 Å². The molecule has 0 amide bonds. The van der Waals surface area contributed by atoms with Crippen molar-refractivity contribution in [1.82, 2.24) is 14.5 Å². The van der Waals surface area contributed by atoms with E-state index in [2.05, 4.69) is 10.2 Å². The van der Waals surface area contributed by atoms with E-state index in [4.69, 9.17) is 0 Å². The lowest BCUT2D eigenvalue weighted by Gasteiger charge is -2.42. The first-order valence-electron chi connectivity index (χ1n) is 7.09. The standard InChI is InChI=1S/C14H21N3O2S/c1-12-4-2-3-5-14(12)20(18,19)17-8-6-16(7-9-17)13-10-15-11-13/h2-5,13,15H,6-11H2,1H3. The minimum Gasteiger partial charge on any atom is -0.314 e. The minimum atomic E-state index is -3.34. The van der Waals surface area contributed by atoms with Gasteiger partial charge in [0.25, 0.3) is 0 Å². The van der Waals surface area contributed by atoms with Crippen molar-refractivity contribution >= 4 is 10.0 Å². The van der Waals surface area contributed by atoms with Crippen LogP contribution in [0.25, 0.3) is 0 Å². The molecular weight excluding hydrogens is 274 g/mol. The van der Waals surface area contributed by atoms with Crippen LogP contribution in [0.3, 0.4) is 0 Å². The van der Waals surface area contributed by atoms with Crippen molar-refractivity contribution in [2.45, 2.75) is 17.9 Å². The maximum Gasteiger partial charge on any atom is 0.243 e. The van der Waals surface area contributed by atoms with Crippen molar-refractivity contribution in [3.05, 3.63) is 29.8 Å². The SMILES string of the molecule is Cc1ccccc1S(=O)(=O)N1CCN(C2CNC2)CC1. The van der Waals surface area contributed by atoms with Crippen LogP contribution < -0.4 is 5.32 Å². The zero-order valence-corrected chi connectivity index (χ0v) is 12.6. The van der Waals surface area contributed by atoms with Gasteiger partial charge in [0.05, 0.1) is 4.90 Å². The Morgan fingerprint density at radius 3 is 2.30 bits per heavy atom. The molecule has 2 aliphatic heterocycles. The third-order valence-electron chi connectivity index (χ3n) is 4.26. The maximum absolute atomic E-state index is 12.7. The van der Waals surface area contributed by atoms with E-state index in [1.54, 1.807) is 16.4 Å². The fourth-order valence-corrected chi connectivity index (χ4v) is 4.47. The molecule has 2 fully saturated rings. The van der Waals surface area contributed by atoms with Crippen LogP contribution in [0, 0.1) is 6.92 Å². The zero-order valence-electron chi connectivity index (χ0n) is 11.7. The number of nitrogens with zero attached hydrogens (tertiary/aromatic N) is 2. The highest BCUT2D eigenvalue weighted by Crippen LogP contribution is 2.21. The summed E-state index contributed by atoms with van der Waals surface area (Å²) < 4.78 is 26.9. The number of benzene rings is 1. The Kier molecular flexibility index (Phi) is 3.81. The van der Waals surface area contributed by atoms with Crippen LogP contribution in [0.5, 0.6) is 0 Å². The molecule has 1 N–H and O–H groups in total. The van der Waals surface area contributed by atoms with Gasteiger partial charge in [-0.15, -0.1) is 0 Å². The van der Waals surface area contributed by atoms with E-state index in [9.17, 15) is 8.42 Å². The first-order chi connectivity index (χ1) is 9.59. The Bertz CT molecular complexity index is 576. The Balaban J connectivity index is 1.72. The number of hydrogen-bond acceptors (Lipinski definition) is 4. The van der Waals surface area contributed by atoms with E-state index in [1.165, 1.54) is 0 Å². The topological polar surface area (TPSA) is 52.7 Å². The molecule has 2 aliphatic rings. The summed E-state index contributed by atoms with van der Waals surface area (Å²) in [6.07, 6.45) is 0. The van der Waals surface area contributed by atoms with E-state index >= 15 is 0 Å². The molecule has 2 heterocycles. The number of rotatable bonds is 3. The summed E-state index contributed by atoms with van der Waals surface area (Å²) in [5, 5.41) is 3.26. The van der Waals surface area contributed by atoms with Crippen molar-refractivity contribution in [2.24, 2.45) is 0 Å². The molecule has 0 saturated carbocycles. The summed E-state index contributed by atoms with van der Waals surface area (Å²) >= 11 is 0.